The number of aliphatic hydroxyl groups is 1. The van der Waals surface area contributed by atoms with Crippen LogP contribution in [0.5, 0.6) is 0 Å². The highest BCUT2D eigenvalue weighted by Gasteiger charge is 2.32. The fourth-order valence-electron chi connectivity index (χ4n) is 3.16. The van der Waals surface area contributed by atoms with E-state index in [1.165, 1.54) is 11.1 Å². The minimum atomic E-state index is -0.283. The molecule has 0 spiro atoms. The number of piperidine rings is 1. The Hall–Kier alpha value is -1.64. The Labute approximate surface area is 120 Å². The van der Waals surface area contributed by atoms with Crippen molar-refractivity contribution in [1.82, 2.24) is 5.32 Å². The van der Waals surface area contributed by atoms with E-state index in [0.717, 1.165) is 19.4 Å². The molecule has 2 atom stereocenters. The highest BCUT2D eigenvalue weighted by atomic mass is 16.3. The fraction of sp³-hybridized carbons (Fsp3) is 0.333. The van der Waals surface area contributed by atoms with Gasteiger partial charge in [-0.15, -0.1) is 0 Å². The van der Waals surface area contributed by atoms with Gasteiger partial charge in [-0.25, -0.2) is 0 Å². The van der Waals surface area contributed by atoms with Crippen LogP contribution in [0.15, 0.2) is 60.7 Å². The molecule has 0 unspecified atom stereocenters. The van der Waals surface area contributed by atoms with E-state index in [1.807, 2.05) is 12.1 Å². The van der Waals surface area contributed by atoms with Crippen molar-refractivity contribution in [3.05, 3.63) is 71.8 Å². The molecular weight excluding hydrogens is 246 g/mol. The van der Waals surface area contributed by atoms with Gasteiger partial charge < -0.3 is 10.4 Å². The van der Waals surface area contributed by atoms with Crippen LogP contribution in [0.4, 0.5) is 0 Å². The van der Waals surface area contributed by atoms with Crippen molar-refractivity contribution >= 4 is 0 Å². The number of rotatable bonds is 3. The molecule has 2 heteroatoms. The zero-order valence-corrected chi connectivity index (χ0v) is 11.6. The highest BCUT2D eigenvalue weighted by Crippen LogP contribution is 2.31. The SMILES string of the molecule is O[C@@H]1CCCN[C@H]1C(c1ccccc1)c1ccccc1. The van der Waals surface area contributed by atoms with E-state index in [1.54, 1.807) is 0 Å². The Balaban J connectivity index is 1.99. The quantitative estimate of drug-likeness (QED) is 0.896. The van der Waals surface area contributed by atoms with E-state index in [-0.39, 0.29) is 18.1 Å². The normalized spacial score (nSPS) is 22.9. The van der Waals surface area contributed by atoms with Gasteiger partial charge in [0.25, 0.3) is 0 Å². The lowest BCUT2D eigenvalue weighted by Crippen LogP contribution is -2.48. The standard InChI is InChI=1S/C18H21NO/c20-16-12-7-13-19-18(16)17(14-8-3-1-4-9-14)15-10-5-2-6-11-15/h1-6,8-11,16-20H,7,12-13H2/t16-,18-/m1/s1. The van der Waals surface area contributed by atoms with Crippen LogP contribution in [0.3, 0.4) is 0 Å². The molecule has 2 aromatic carbocycles. The zero-order valence-electron chi connectivity index (χ0n) is 11.6. The second kappa shape index (κ2) is 6.21. The highest BCUT2D eigenvalue weighted by molar-refractivity contribution is 5.35. The summed E-state index contributed by atoms with van der Waals surface area (Å²) in [6, 6.07) is 21.1. The Morgan fingerprint density at radius 2 is 1.45 bits per heavy atom. The summed E-state index contributed by atoms with van der Waals surface area (Å²) >= 11 is 0. The summed E-state index contributed by atoms with van der Waals surface area (Å²) in [5.74, 6) is 0.202. The lowest BCUT2D eigenvalue weighted by Gasteiger charge is -2.36. The third kappa shape index (κ3) is 2.77. The van der Waals surface area contributed by atoms with Crippen molar-refractivity contribution in [2.45, 2.75) is 30.9 Å². The van der Waals surface area contributed by atoms with E-state index in [4.69, 9.17) is 0 Å². The molecule has 2 aromatic rings. The van der Waals surface area contributed by atoms with Crippen molar-refractivity contribution in [3.63, 3.8) is 0 Å². The van der Waals surface area contributed by atoms with Crippen LogP contribution in [-0.4, -0.2) is 23.8 Å². The van der Waals surface area contributed by atoms with E-state index in [9.17, 15) is 5.11 Å². The van der Waals surface area contributed by atoms with Gasteiger partial charge in [0, 0.05) is 12.0 Å². The third-order valence-electron chi connectivity index (χ3n) is 4.15. The molecule has 2 N–H and O–H groups in total. The van der Waals surface area contributed by atoms with E-state index in [2.05, 4.69) is 53.8 Å². The molecule has 1 aliphatic heterocycles. The van der Waals surface area contributed by atoms with Crippen molar-refractivity contribution in [3.8, 4) is 0 Å². The van der Waals surface area contributed by atoms with Gasteiger partial charge in [-0.2, -0.15) is 0 Å². The van der Waals surface area contributed by atoms with Gasteiger partial charge in [-0.3, -0.25) is 0 Å². The maximum absolute atomic E-state index is 10.4. The van der Waals surface area contributed by atoms with Gasteiger partial charge in [0.05, 0.1) is 6.10 Å². The maximum atomic E-state index is 10.4. The number of nitrogens with one attached hydrogen (secondary N) is 1. The summed E-state index contributed by atoms with van der Waals surface area (Å²) in [4.78, 5) is 0. The number of hydrogen-bond donors (Lipinski definition) is 2. The summed E-state index contributed by atoms with van der Waals surface area (Å²) in [6.07, 6.45) is 1.65. The maximum Gasteiger partial charge on any atom is 0.0703 e. The summed E-state index contributed by atoms with van der Waals surface area (Å²) < 4.78 is 0. The summed E-state index contributed by atoms with van der Waals surface area (Å²) in [7, 11) is 0. The lowest BCUT2D eigenvalue weighted by atomic mass is 9.80. The fourth-order valence-corrected chi connectivity index (χ4v) is 3.16. The topological polar surface area (TPSA) is 32.3 Å². The molecule has 0 bridgehead atoms. The summed E-state index contributed by atoms with van der Waals surface area (Å²) in [5.41, 5.74) is 2.52. The molecule has 1 saturated heterocycles. The van der Waals surface area contributed by atoms with Gasteiger partial charge >= 0.3 is 0 Å². The molecule has 0 aromatic heterocycles. The molecule has 2 nitrogen and oxygen atoms in total. The van der Waals surface area contributed by atoms with Crippen LogP contribution < -0.4 is 5.32 Å². The Kier molecular flexibility index (Phi) is 4.14. The Bertz CT molecular complexity index is 486. The Morgan fingerprint density at radius 3 is 1.95 bits per heavy atom. The smallest absolute Gasteiger partial charge is 0.0703 e. The van der Waals surface area contributed by atoms with Gasteiger partial charge in [-0.1, -0.05) is 60.7 Å². The first kappa shape index (κ1) is 13.3. The predicted molar refractivity (Wildman–Crippen MR) is 81.8 cm³/mol. The first-order chi connectivity index (χ1) is 9.86. The third-order valence-corrected chi connectivity index (χ3v) is 4.15. The van der Waals surface area contributed by atoms with E-state index < -0.39 is 0 Å². The second-order valence-electron chi connectivity index (χ2n) is 5.49. The first-order valence-electron chi connectivity index (χ1n) is 7.37. The molecule has 0 amide bonds. The van der Waals surface area contributed by atoms with E-state index in [0.29, 0.717) is 0 Å². The van der Waals surface area contributed by atoms with Crippen LogP contribution in [-0.2, 0) is 0 Å². The van der Waals surface area contributed by atoms with Gasteiger partial charge in [0.15, 0.2) is 0 Å². The summed E-state index contributed by atoms with van der Waals surface area (Å²) in [5, 5.41) is 13.9. The van der Waals surface area contributed by atoms with Crippen LogP contribution >= 0.6 is 0 Å². The molecular formula is C18H21NO. The zero-order chi connectivity index (χ0) is 13.8. The molecule has 0 aliphatic carbocycles. The van der Waals surface area contributed by atoms with Gasteiger partial charge in [-0.05, 0) is 30.5 Å². The van der Waals surface area contributed by atoms with Crippen LogP contribution in [0.25, 0.3) is 0 Å². The number of benzene rings is 2. The average Bonchev–Trinajstić information content (AvgIpc) is 2.52. The molecule has 1 aliphatic rings. The predicted octanol–water partition coefficient (Wildman–Crippen LogP) is 2.93. The monoisotopic (exact) mass is 267 g/mol. The number of hydrogen-bond acceptors (Lipinski definition) is 2. The van der Waals surface area contributed by atoms with Gasteiger partial charge in [0.1, 0.15) is 0 Å². The van der Waals surface area contributed by atoms with E-state index >= 15 is 0 Å². The number of aliphatic hydroxyl groups excluding tert-OH is 1. The first-order valence-corrected chi connectivity index (χ1v) is 7.37. The van der Waals surface area contributed by atoms with Crippen molar-refractivity contribution in [2.75, 3.05) is 6.54 Å². The molecule has 1 fully saturated rings. The molecule has 0 saturated carbocycles. The minimum absolute atomic E-state index is 0.0912. The summed E-state index contributed by atoms with van der Waals surface area (Å²) in [6.45, 7) is 0.984. The van der Waals surface area contributed by atoms with Crippen molar-refractivity contribution in [1.29, 1.82) is 0 Å². The molecule has 0 radical (unpaired) electrons. The molecule has 20 heavy (non-hydrogen) atoms. The van der Waals surface area contributed by atoms with Gasteiger partial charge in [0.2, 0.25) is 0 Å². The second-order valence-corrected chi connectivity index (χ2v) is 5.49. The molecule has 1 heterocycles. The molecule has 3 rings (SSSR count). The largest absolute Gasteiger partial charge is 0.391 e. The van der Waals surface area contributed by atoms with Crippen molar-refractivity contribution in [2.24, 2.45) is 0 Å². The molecule has 104 valence electrons. The average molecular weight is 267 g/mol. The van der Waals surface area contributed by atoms with Crippen LogP contribution in [0, 0.1) is 0 Å². The Morgan fingerprint density at radius 1 is 0.900 bits per heavy atom. The van der Waals surface area contributed by atoms with Crippen LogP contribution in [0.2, 0.25) is 0 Å². The lowest BCUT2D eigenvalue weighted by molar-refractivity contribution is 0.0890. The van der Waals surface area contributed by atoms with Crippen molar-refractivity contribution < 1.29 is 5.11 Å². The van der Waals surface area contributed by atoms with Crippen LogP contribution in [0.1, 0.15) is 29.9 Å². The minimum Gasteiger partial charge on any atom is -0.391 e.